The fourth-order valence-corrected chi connectivity index (χ4v) is 1.44. The van der Waals surface area contributed by atoms with Crippen molar-refractivity contribution >= 4 is 0 Å². The van der Waals surface area contributed by atoms with E-state index in [1.807, 2.05) is 6.08 Å². The summed E-state index contributed by atoms with van der Waals surface area (Å²) in [4.78, 5) is 0. The standard InChI is InChI=1S/C10H16O3/c1-11-10(12-2,13-3)9-7-5-4-6-8-9/h5,7-8H,4,6H2,1-3H3. The van der Waals surface area contributed by atoms with Gasteiger partial charge in [-0.05, 0) is 12.8 Å². The maximum Gasteiger partial charge on any atom is 0.310 e. The maximum atomic E-state index is 5.21. The Bertz CT molecular complexity index is 206. The molecule has 3 nitrogen and oxygen atoms in total. The van der Waals surface area contributed by atoms with Crippen LogP contribution in [-0.2, 0) is 14.2 Å². The first-order valence-corrected chi connectivity index (χ1v) is 4.31. The molecule has 0 heterocycles. The van der Waals surface area contributed by atoms with E-state index in [2.05, 4.69) is 12.2 Å². The van der Waals surface area contributed by atoms with Gasteiger partial charge >= 0.3 is 5.97 Å². The van der Waals surface area contributed by atoms with Gasteiger partial charge in [0, 0.05) is 26.9 Å². The molecule has 0 aromatic rings. The Morgan fingerprint density at radius 2 is 1.69 bits per heavy atom. The van der Waals surface area contributed by atoms with Gasteiger partial charge in [0.1, 0.15) is 0 Å². The Labute approximate surface area is 79.0 Å². The van der Waals surface area contributed by atoms with Gasteiger partial charge in [-0.2, -0.15) is 0 Å². The normalized spacial score (nSPS) is 17.3. The van der Waals surface area contributed by atoms with Gasteiger partial charge in [-0.25, -0.2) is 0 Å². The van der Waals surface area contributed by atoms with E-state index in [4.69, 9.17) is 14.2 Å². The maximum absolute atomic E-state index is 5.21. The molecule has 0 fully saturated rings. The van der Waals surface area contributed by atoms with E-state index >= 15 is 0 Å². The zero-order valence-corrected chi connectivity index (χ0v) is 8.37. The molecule has 0 aliphatic heterocycles. The van der Waals surface area contributed by atoms with Crippen molar-refractivity contribution in [2.45, 2.75) is 18.8 Å². The highest BCUT2D eigenvalue weighted by molar-refractivity contribution is 5.27. The third-order valence-corrected chi connectivity index (χ3v) is 2.15. The van der Waals surface area contributed by atoms with Crippen LogP contribution in [0.2, 0.25) is 0 Å². The van der Waals surface area contributed by atoms with Crippen molar-refractivity contribution in [1.29, 1.82) is 0 Å². The van der Waals surface area contributed by atoms with E-state index < -0.39 is 5.97 Å². The van der Waals surface area contributed by atoms with Crippen molar-refractivity contribution in [2.75, 3.05) is 21.3 Å². The molecular formula is C10H16O3. The molecule has 0 aromatic heterocycles. The number of hydrogen-bond acceptors (Lipinski definition) is 3. The molecule has 0 saturated heterocycles. The Morgan fingerprint density at radius 1 is 1.08 bits per heavy atom. The first-order chi connectivity index (χ1) is 6.29. The van der Waals surface area contributed by atoms with Gasteiger partial charge in [0.2, 0.25) is 0 Å². The lowest BCUT2D eigenvalue weighted by Gasteiger charge is -2.30. The predicted octanol–water partition coefficient (Wildman–Crippen LogP) is 1.86. The van der Waals surface area contributed by atoms with E-state index in [-0.39, 0.29) is 0 Å². The Hall–Kier alpha value is -0.640. The van der Waals surface area contributed by atoms with Crippen molar-refractivity contribution in [1.82, 2.24) is 0 Å². The van der Waals surface area contributed by atoms with Crippen LogP contribution in [0, 0.1) is 0 Å². The van der Waals surface area contributed by atoms with Crippen LogP contribution in [0.4, 0.5) is 0 Å². The molecule has 0 saturated carbocycles. The van der Waals surface area contributed by atoms with Crippen LogP contribution in [0.3, 0.4) is 0 Å². The quantitative estimate of drug-likeness (QED) is 0.624. The van der Waals surface area contributed by atoms with E-state index in [1.54, 1.807) is 21.3 Å². The third-order valence-electron chi connectivity index (χ3n) is 2.15. The molecule has 0 N–H and O–H groups in total. The molecule has 74 valence electrons. The van der Waals surface area contributed by atoms with Crippen LogP contribution in [0.5, 0.6) is 0 Å². The highest BCUT2D eigenvalue weighted by atomic mass is 16.9. The van der Waals surface area contributed by atoms with Crippen molar-refractivity contribution < 1.29 is 14.2 Å². The van der Waals surface area contributed by atoms with E-state index in [0.717, 1.165) is 18.4 Å². The molecule has 0 atom stereocenters. The largest absolute Gasteiger partial charge is 0.327 e. The minimum Gasteiger partial charge on any atom is -0.327 e. The molecule has 3 heteroatoms. The lowest BCUT2D eigenvalue weighted by atomic mass is 10.1. The minimum atomic E-state index is -1.03. The van der Waals surface area contributed by atoms with Gasteiger partial charge in [-0.1, -0.05) is 18.2 Å². The molecular weight excluding hydrogens is 168 g/mol. The number of allylic oxidation sites excluding steroid dienone is 2. The van der Waals surface area contributed by atoms with Crippen molar-refractivity contribution in [3.63, 3.8) is 0 Å². The average Bonchev–Trinajstić information content (AvgIpc) is 2.23. The predicted molar refractivity (Wildman–Crippen MR) is 50.2 cm³/mol. The molecule has 1 rings (SSSR count). The first-order valence-electron chi connectivity index (χ1n) is 4.31. The summed E-state index contributed by atoms with van der Waals surface area (Å²) in [5, 5.41) is 0. The fourth-order valence-electron chi connectivity index (χ4n) is 1.44. The van der Waals surface area contributed by atoms with Gasteiger partial charge in [0.05, 0.1) is 0 Å². The number of rotatable bonds is 4. The lowest BCUT2D eigenvalue weighted by molar-refractivity contribution is -0.324. The van der Waals surface area contributed by atoms with E-state index in [9.17, 15) is 0 Å². The molecule has 0 spiro atoms. The Kier molecular flexibility index (Phi) is 3.66. The third kappa shape index (κ3) is 1.99. The van der Waals surface area contributed by atoms with Crippen LogP contribution in [0.25, 0.3) is 0 Å². The minimum absolute atomic E-state index is 0.922. The van der Waals surface area contributed by atoms with Crippen LogP contribution in [0.1, 0.15) is 12.8 Å². The molecule has 1 aliphatic carbocycles. The number of ether oxygens (including phenoxy) is 3. The second-order valence-electron chi connectivity index (χ2n) is 2.81. The summed E-state index contributed by atoms with van der Waals surface area (Å²) in [5.41, 5.74) is 0.922. The Balaban J connectivity index is 2.85. The van der Waals surface area contributed by atoms with Crippen molar-refractivity contribution in [3.8, 4) is 0 Å². The van der Waals surface area contributed by atoms with Crippen molar-refractivity contribution in [2.24, 2.45) is 0 Å². The van der Waals surface area contributed by atoms with Crippen LogP contribution in [0.15, 0.2) is 23.8 Å². The summed E-state index contributed by atoms with van der Waals surface area (Å²) in [6.07, 6.45) is 8.19. The first kappa shape index (κ1) is 10.4. The second-order valence-corrected chi connectivity index (χ2v) is 2.81. The number of methoxy groups -OCH3 is 3. The zero-order valence-electron chi connectivity index (χ0n) is 8.37. The van der Waals surface area contributed by atoms with Gasteiger partial charge < -0.3 is 14.2 Å². The molecule has 1 aliphatic rings. The van der Waals surface area contributed by atoms with E-state index in [1.165, 1.54) is 0 Å². The molecule has 0 bridgehead atoms. The topological polar surface area (TPSA) is 27.7 Å². The summed E-state index contributed by atoms with van der Waals surface area (Å²) < 4.78 is 15.6. The summed E-state index contributed by atoms with van der Waals surface area (Å²) >= 11 is 0. The highest BCUT2D eigenvalue weighted by Crippen LogP contribution is 2.27. The molecule has 0 radical (unpaired) electrons. The average molecular weight is 184 g/mol. The summed E-state index contributed by atoms with van der Waals surface area (Å²) in [7, 11) is 4.70. The van der Waals surface area contributed by atoms with Gasteiger partial charge in [-0.15, -0.1) is 0 Å². The Morgan fingerprint density at radius 3 is 2.08 bits per heavy atom. The molecule has 0 amide bonds. The summed E-state index contributed by atoms with van der Waals surface area (Å²) in [6, 6.07) is 0. The SMILES string of the molecule is COC(OC)(OC)C1=CCCC=C1. The highest BCUT2D eigenvalue weighted by Gasteiger charge is 2.33. The smallest absolute Gasteiger partial charge is 0.310 e. The second kappa shape index (κ2) is 4.56. The van der Waals surface area contributed by atoms with Crippen LogP contribution in [-0.4, -0.2) is 27.3 Å². The van der Waals surface area contributed by atoms with E-state index in [0.29, 0.717) is 0 Å². The van der Waals surface area contributed by atoms with Crippen LogP contribution < -0.4 is 0 Å². The summed E-state index contributed by atoms with van der Waals surface area (Å²) in [5.74, 6) is -1.03. The van der Waals surface area contributed by atoms with Crippen molar-refractivity contribution in [3.05, 3.63) is 23.8 Å². The van der Waals surface area contributed by atoms with Crippen LogP contribution >= 0.6 is 0 Å². The monoisotopic (exact) mass is 184 g/mol. The summed E-state index contributed by atoms with van der Waals surface area (Å²) in [6.45, 7) is 0. The molecule has 0 aromatic carbocycles. The molecule has 0 unspecified atom stereocenters. The van der Waals surface area contributed by atoms with Gasteiger partial charge in [-0.3, -0.25) is 0 Å². The fraction of sp³-hybridized carbons (Fsp3) is 0.600. The van der Waals surface area contributed by atoms with Gasteiger partial charge in [0.25, 0.3) is 0 Å². The molecule has 13 heavy (non-hydrogen) atoms. The number of hydrogen-bond donors (Lipinski definition) is 0. The zero-order chi connectivity index (χ0) is 9.73. The van der Waals surface area contributed by atoms with Gasteiger partial charge in [0.15, 0.2) is 0 Å². The lowest BCUT2D eigenvalue weighted by Crippen LogP contribution is -2.37.